The molecule has 6 nitrogen and oxygen atoms in total. The quantitative estimate of drug-likeness (QED) is 0.658. The van der Waals surface area contributed by atoms with Gasteiger partial charge >= 0.3 is 0 Å². The van der Waals surface area contributed by atoms with E-state index in [0.717, 1.165) is 11.1 Å². The fourth-order valence-corrected chi connectivity index (χ4v) is 3.44. The second-order valence-corrected chi connectivity index (χ2v) is 8.83. The standard InChI is InChI=1S/C23H24N2O4S/c1-23(2,3)20(26)12-21-25-22(27)19(30-21)11-15-7-8-17(28-4)18(10-15)29-14-16-6-5-9-24-13-16/h5-13H,14H2,1-4H3,(H,25,27)/b19-11-,21-12+. The Balaban J connectivity index is 1.91. The van der Waals surface area contributed by atoms with Crippen LogP contribution in [0.25, 0.3) is 12.2 Å². The van der Waals surface area contributed by atoms with Crippen molar-refractivity contribution in [3.63, 3.8) is 0 Å². The average molecular weight is 425 g/mol. The van der Waals surface area contributed by atoms with E-state index in [1.807, 2.05) is 45.0 Å². The van der Waals surface area contributed by atoms with Gasteiger partial charge in [0.25, 0.3) is 5.56 Å². The molecule has 0 fully saturated rings. The lowest BCUT2D eigenvalue weighted by molar-refractivity contribution is -0.119. The number of aromatic nitrogens is 2. The van der Waals surface area contributed by atoms with Crippen LogP contribution < -0.4 is 24.2 Å². The second-order valence-electron chi connectivity index (χ2n) is 7.75. The van der Waals surface area contributed by atoms with Gasteiger partial charge in [-0.1, -0.05) is 32.9 Å². The van der Waals surface area contributed by atoms with Crippen LogP contribution >= 0.6 is 11.3 Å². The van der Waals surface area contributed by atoms with Gasteiger partial charge in [-0.05, 0) is 29.8 Å². The molecule has 0 atom stereocenters. The minimum atomic E-state index is -0.499. The van der Waals surface area contributed by atoms with Crippen molar-refractivity contribution in [1.29, 1.82) is 0 Å². The number of ether oxygens (including phenoxy) is 2. The van der Waals surface area contributed by atoms with Crippen LogP contribution in [0.3, 0.4) is 0 Å². The van der Waals surface area contributed by atoms with Crippen LogP contribution in [0.4, 0.5) is 0 Å². The zero-order valence-corrected chi connectivity index (χ0v) is 18.2. The fraction of sp³-hybridized carbons (Fsp3) is 0.261. The predicted molar refractivity (Wildman–Crippen MR) is 118 cm³/mol. The maximum absolute atomic E-state index is 12.3. The summed E-state index contributed by atoms with van der Waals surface area (Å²) < 4.78 is 12.3. The number of methoxy groups -OCH3 is 1. The van der Waals surface area contributed by atoms with Crippen molar-refractivity contribution in [2.75, 3.05) is 7.11 Å². The molecule has 0 spiro atoms. The molecule has 1 N–H and O–H groups in total. The number of thiazole rings is 1. The molecule has 1 aromatic carbocycles. The number of hydrogen-bond acceptors (Lipinski definition) is 6. The molecule has 0 unspecified atom stereocenters. The molecule has 2 heterocycles. The van der Waals surface area contributed by atoms with E-state index < -0.39 is 5.41 Å². The van der Waals surface area contributed by atoms with Crippen molar-refractivity contribution >= 4 is 29.3 Å². The topological polar surface area (TPSA) is 81.3 Å². The number of Topliss-reactive ketones (excluding diaryl/α,β-unsaturated/α-hetero) is 1. The van der Waals surface area contributed by atoms with Gasteiger partial charge in [0.15, 0.2) is 17.3 Å². The molecule has 7 heteroatoms. The molecule has 3 rings (SSSR count). The summed E-state index contributed by atoms with van der Waals surface area (Å²) >= 11 is 1.24. The lowest BCUT2D eigenvalue weighted by Crippen LogP contribution is -2.22. The van der Waals surface area contributed by atoms with Crippen molar-refractivity contribution in [3.05, 3.63) is 73.4 Å². The number of hydrogen-bond donors (Lipinski definition) is 1. The number of H-pyrrole nitrogens is 1. The van der Waals surface area contributed by atoms with Gasteiger partial charge in [0.05, 0.1) is 16.3 Å². The van der Waals surface area contributed by atoms with E-state index in [-0.39, 0.29) is 11.3 Å². The largest absolute Gasteiger partial charge is 0.493 e. The number of aromatic amines is 1. The highest BCUT2D eigenvalue weighted by Gasteiger charge is 2.18. The number of carbonyl (C=O) groups is 1. The molecule has 2 aromatic heterocycles. The van der Waals surface area contributed by atoms with Crippen LogP contribution in [-0.4, -0.2) is 22.9 Å². The van der Waals surface area contributed by atoms with E-state index in [2.05, 4.69) is 9.97 Å². The summed E-state index contributed by atoms with van der Waals surface area (Å²) in [6.45, 7) is 5.88. The monoisotopic (exact) mass is 424 g/mol. The molecule has 0 amide bonds. The van der Waals surface area contributed by atoms with Crippen LogP contribution in [0.5, 0.6) is 11.5 Å². The van der Waals surface area contributed by atoms with Gasteiger partial charge in [0, 0.05) is 29.4 Å². The number of rotatable bonds is 6. The molecule has 0 saturated carbocycles. The summed E-state index contributed by atoms with van der Waals surface area (Å²) in [5, 5.41) is 0. The van der Waals surface area contributed by atoms with E-state index in [0.29, 0.717) is 27.3 Å². The molecule has 0 aliphatic heterocycles. The molecule has 30 heavy (non-hydrogen) atoms. The van der Waals surface area contributed by atoms with Crippen LogP contribution in [0.2, 0.25) is 0 Å². The number of nitrogens with one attached hydrogen (secondary N) is 1. The normalized spacial score (nSPS) is 12.8. The first-order valence-corrected chi connectivity index (χ1v) is 10.2. The average Bonchev–Trinajstić information content (AvgIpc) is 3.05. The summed E-state index contributed by atoms with van der Waals surface area (Å²) in [5.74, 6) is 1.13. The van der Waals surface area contributed by atoms with Crippen LogP contribution in [0.1, 0.15) is 31.9 Å². The Labute approximate surface area is 178 Å². The third kappa shape index (κ3) is 5.45. The summed E-state index contributed by atoms with van der Waals surface area (Å²) in [5.41, 5.74) is 0.994. The molecule has 3 aromatic rings. The number of pyridine rings is 1. The van der Waals surface area contributed by atoms with Crippen molar-refractivity contribution in [1.82, 2.24) is 9.97 Å². The van der Waals surface area contributed by atoms with Gasteiger partial charge in [0.1, 0.15) is 6.61 Å². The fourth-order valence-electron chi connectivity index (χ4n) is 2.55. The van der Waals surface area contributed by atoms with Crippen LogP contribution in [0.15, 0.2) is 47.5 Å². The second kappa shape index (κ2) is 9.09. The Morgan fingerprint density at radius 2 is 2.03 bits per heavy atom. The Morgan fingerprint density at radius 3 is 2.70 bits per heavy atom. The SMILES string of the molecule is COc1ccc(/C=c2\s/c(=C/C(=O)C(C)(C)C)[nH]c2=O)cc1OCc1cccnc1. The first kappa shape index (κ1) is 21.5. The van der Waals surface area contributed by atoms with Crippen molar-refractivity contribution < 1.29 is 14.3 Å². The van der Waals surface area contributed by atoms with Crippen molar-refractivity contribution in [2.24, 2.45) is 5.41 Å². The van der Waals surface area contributed by atoms with Gasteiger partial charge in [-0.2, -0.15) is 0 Å². The number of carbonyl (C=O) groups excluding carboxylic acids is 1. The van der Waals surface area contributed by atoms with Gasteiger partial charge in [-0.25, -0.2) is 0 Å². The Hall–Kier alpha value is -3.19. The molecular weight excluding hydrogens is 400 g/mol. The zero-order chi connectivity index (χ0) is 21.7. The number of benzene rings is 1. The Bertz CT molecular complexity index is 1200. The van der Waals surface area contributed by atoms with Gasteiger partial charge in [-0.15, -0.1) is 11.3 Å². The third-order valence-corrected chi connectivity index (χ3v) is 5.25. The highest BCUT2D eigenvalue weighted by Crippen LogP contribution is 2.29. The summed E-state index contributed by atoms with van der Waals surface area (Å²) in [6, 6.07) is 9.23. The van der Waals surface area contributed by atoms with Gasteiger partial charge < -0.3 is 14.5 Å². The van der Waals surface area contributed by atoms with Crippen LogP contribution in [0, 0.1) is 5.41 Å². The summed E-state index contributed by atoms with van der Waals surface area (Å²) in [6.07, 6.45) is 6.70. The molecular formula is C23H24N2O4S. The van der Waals surface area contributed by atoms with Gasteiger partial charge in [0.2, 0.25) is 0 Å². The van der Waals surface area contributed by atoms with Crippen LogP contribution in [-0.2, 0) is 11.4 Å². The maximum Gasteiger partial charge on any atom is 0.266 e. The zero-order valence-electron chi connectivity index (χ0n) is 17.4. The summed E-state index contributed by atoms with van der Waals surface area (Å²) in [4.78, 5) is 31.3. The number of ketones is 1. The van der Waals surface area contributed by atoms with E-state index >= 15 is 0 Å². The smallest absolute Gasteiger partial charge is 0.266 e. The van der Waals surface area contributed by atoms with E-state index in [4.69, 9.17) is 9.47 Å². The number of nitrogens with zero attached hydrogens (tertiary/aromatic N) is 1. The van der Waals surface area contributed by atoms with Crippen molar-refractivity contribution in [3.8, 4) is 11.5 Å². The molecule has 0 radical (unpaired) electrons. The lowest BCUT2D eigenvalue weighted by Gasteiger charge is -2.12. The molecule has 0 aliphatic rings. The maximum atomic E-state index is 12.3. The van der Waals surface area contributed by atoms with Crippen molar-refractivity contribution in [2.45, 2.75) is 27.4 Å². The minimum Gasteiger partial charge on any atom is -0.493 e. The molecule has 0 bridgehead atoms. The summed E-state index contributed by atoms with van der Waals surface area (Å²) in [7, 11) is 1.58. The van der Waals surface area contributed by atoms with Gasteiger partial charge in [-0.3, -0.25) is 14.6 Å². The van der Waals surface area contributed by atoms with E-state index in [1.54, 1.807) is 31.6 Å². The van der Waals surface area contributed by atoms with E-state index in [9.17, 15) is 9.59 Å². The lowest BCUT2D eigenvalue weighted by atomic mass is 9.91. The Kier molecular flexibility index (Phi) is 6.52. The Morgan fingerprint density at radius 1 is 1.23 bits per heavy atom. The highest BCUT2D eigenvalue weighted by molar-refractivity contribution is 7.07. The van der Waals surface area contributed by atoms with E-state index in [1.165, 1.54) is 17.4 Å². The molecule has 0 saturated heterocycles. The third-order valence-electron chi connectivity index (χ3n) is 4.28. The predicted octanol–water partition coefficient (Wildman–Crippen LogP) is 2.64. The molecule has 156 valence electrons. The first-order valence-electron chi connectivity index (χ1n) is 9.43. The highest BCUT2D eigenvalue weighted by atomic mass is 32.1. The minimum absolute atomic E-state index is 0.0397. The molecule has 0 aliphatic carbocycles. The first-order chi connectivity index (χ1) is 14.3.